The molecular weight excluding hydrogens is 316 g/mol. The Morgan fingerprint density at radius 3 is 2.75 bits per heavy atom. The van der Waals surface area contributed by atoms with Gasteiger partial charge in [0.15, 0.2) is 6.29 Å². The van der Waals surface area contributed by atoms with Crippen LogP contribution in [0.4, 0.5) is 0 Å². The minimum atomic E-state index is -1.25. The number of rotatable bonds is 6. The maximum absolute atomic E-state index is 11.3. The van der Waals surface area contributed by atoms with E-state index >= 15 is 0 Å². The molecule has 0 saturated carbocycles. The Kier molecular flexibility index (Phi) is 6.53. The van der Waals surface area contributed by atoms with Crippen LogP contribution in [0.25, 0.3) is 10.4 Å². The first-order chi connectivity index (χ1) is 11.6. The molecule has 1 aliphatic heterocycles. The van der Waals surface area contributed by atoms with Crippen molar-refractivity contribution < 1.29 is 24.5 Å². The van der Waals surface area contributed by atoms with Gasteiger partial charge in [-0.1, -0.05) is 35.4 Å². The lowest BCUT2D eigenvalue weighted by Gasteiger charge is -2.42. The summed E-state index contributed by atoms with van der Waals surface area (Å²) < 4.78 is 11.2. The number of hydrogen-bond donors (Lipinski definition) is 3. The van der Waals surface area contributed by atoms with Crippen molar-refractivity contribution in [2.75, 3.05) is 6.61 Å². The summed E-state index contributed by atoms with van der Waals surface area (Å²) in [7, 11) is 0. The van der Waals surface area contributed by atoms with E-state index in [0.29, 0.717) is 0 Å². The van der Waals surface area contributed by atoms with Gasteiger partial charge in [-0.3, -0.25) is 4.79 Å². The van der Waals surface area contributed by atoms with E-state index in [1.807, 2.05) is 30.3 Å². The molecule has 1 saturated heterocycles. The van der Waals surface area contributed by atoms with Crippen LogP contribution in [0.3, 0.4) is 0 Å². The Morgan fingerprint density at radius 1 is 1.46 bits per heavy atom. The number of amides is 1. The van der Waals surface area contributed by atoms with Crippen LogP contribution >= 0.6 is 0 Å². The van der Waals surface area contributed by atoms with Crippen molar-refractivity contribution in [2.24, 2.45) is 5.11 Å². The number of carbonyl (C=O) groups is 1. The molecule has 24 heavy (non-hydrogen) atoms. The molecule has 5 atom stereocenters. The van der Waals surface area contributed by atoms with Crippen LogP contribution in [-0.4, -0.2) is 53.3 Å². The second-order valence-electron chi connectivity index (χ2n) is 5.43. The Balaban J connectivity index is 2.14. The molecule has 0 aromatic heterocycles. The third-order valence-corrected chi connectivity index (χ3v) is 3.70. The van der Waals surface area contributed by atoms with E-state index in [2.05, 4.69) is 15.3 Å². The van der Waals surface area contributed by atoms with Gasteiger partial charge in [0, 0.05) is 11.8 Å². The normalized spacial score (nSPS) is 29.5. The predicted octanol–water partition coefficient (Wildman–Crippen LogP) is 0.465. The van der Waals surface area contributed by atoms with E-state index in [0.717, 1.165) is 5.56 Å². The monoisotopic (exact) mass is 336 g/mol. The minimum absolute atomic E-state index is 0.179. The van der Waals surface area contributed by atoms with Gasteiger partial charge in [-0.2, -0.15) is 0 Å². The van der Waals surface area contributed by atoms with Crippen molar-refractivity contribution in [2.45, 2.75) is 44.1 Å². The van der Waals surface area contributed by atoms with Crippen LogP contribution in [0.5, 0.6) is 0 Å². The summed E-state index contributed by atoms with van der Waals surface area (Å²) in [6.07, 6.45) is -3.18. The van der Waals surface area contributed by atoms with Crippen molar-refractivity contribution in [3.8, 4) is 0 Å². The molecule has 1 amide bonds. The van der Waals surface area contributed by atoms with Gasteiger partial charge in [-0.15, -0.1) is 0 Å². The first-order valence-electron chi connectivity index (χ1n) is 7.48. The molecule has 1 aromatic carbocycles. The molecule has 0 radical (unpaired) electrons. The first kappa shape index (κ1) is 18.2. The second kappa shape index (κ2) is 8.62. The van der Waals surface area contributed by atoms with Crippen LogP contribution < -0.4 is 5.32 Å². The highest BCUT2D eigenvalue weighted by Gasteiger charge is 2.45. The molecule has 1 aliphatic rings. The number of aliphatic hydroxyl groups is 2. The van der Waals surface area contributed by atoms with Gasteiger partial charge in [0.05, 0.1) is 25.4 Å². The molecular formula is C15H20N4O5. The highest BCUT2D eigenvalue weighted by Crippen LogP contribution is 2.25. The van der Waals surface area contributed by atoms with Gasteiger partial charge in [0.25, 0.3) is 0 Å². The summed E-state index contributed by atoms with van der Waals surface area (Å²) in [5, 5.41) is 25.9. The average molecular weight is 336 g/mol. The molecule has 2 rings (SSSR count). The van der Waals surface area contributed by atoms with E-state index in [-0.39, 0.29) is 6.61 Å². The first-order valence-corrected chi connectivity index (χ1v) is 7.48. The smallest absolute Gasteiger partial charge is 0.217 e. The number of nitrogens with zero attached hydrogens (tertiary/aromatic N) is 3. The van der Waals surface area contributed by atoms with Gasteiger partial charge in [-0.05, 0) is 11.1 Å². The molecule has 9 heteroatoms. The summed E-state index contributed by atoms with van der Waals surface area (Å²) in [5.41, 5.74) is 9.60. The zero-order valence-electron chi connectivity index (χ0n) is 13.1. The summed E-state index contributed by atoms with van der Waals surface area (Å²) in [5.74, 6) is -0.399. The maximum Gasteiger partial charge on any atom is 0.217 e. The standard InChI is InChI=1S/C15H20N4O5/c1-9(21)17-12-11(7-20)24-15(13(14(12)22)18-19-16)23-8-10-5-3-2-4-6-10/h2-6,11-15,20,22H,7-8H2,1H3,(H,17,21)/t11-,12-,13-,14+,15-/m1/s1. The lowest BCUT2D eigenvalue weighted by atomic mass is 9.95. The Bertz CT molecular complexity index is 593. The molecule has 1 heterocycles. The zero-order chi connectivity index (χ0) is 17.5. The van der Waals surface area contributed by atoms with Crippen molar-refractivity contribution in [3.63, 3.8) is 0 Å². The van der Waals surface area contributed by atoms with E-state index in [1.54, 1.807) is 0 Å². The number of aliphatic hydroxyl groups excluding tert-OH is 2. The average Bonchev–Trinajstić information content (AvgIpc) is 2.58. The molecule has 3 N–H and O–H groups in total. The maximum atomic E-state index is 11.3. The third-order valence-electron chi connectivity index (χ3n) is 3.70. The van der Waals surface area contributed by atoms with Gasteiger partial charge in [0.2, 0.25) is 5.91 Å². The minimum Gasteiger partial charge on any atom is -0.394 e. The lowest BCUT2D eigenvalue weighted by molar-refractivity contribution is -0.245. The molecule has 0 aliphatic carbocycles. The fraction of sp³-hybridized carbons (Fsp3) is 0.533. The largest absolute Gasteiger partial charge is 0.394 e. The Morgan fingerprint density at radius 2 is 2.17 bits per heavy atom. The van der Waals surface area contributed by atoms with Gasteiger partial charge in [0.1, 0.15) is 12.1 Å². The van der Waals surface area contributed by atoms with Crippen LogP contribution in [0.15, 0.2) is 35.4 Å². The van der Waals surface area contributed by atoms with Crippen LogP contribution in [0, 0.1) is 0 Å². The molecule has 1 aromatic rings. The highest BCUT2D eigenvalue weighted by molar-refractivity contribution is 5.73. The fourth-order valence-corrected chi connectivity index (χ4v) is 2.57. The summed E-state index contributed by atoms with van der Waals surface area (Å²) in [6.45, 7) is 1.02. The summed E-state index contributed by atoms with van der Waals surface area (Å²) >= 11 is 0. The van der Waals surface area contributed by atoms with Crippen molar-refractivity contribution in [1.29, 1.82) is 0 Å². The quantitative estimate of drug-likeness (QED) is 0.394. The van der Waals surface area contributed by atoms with Crippen LogP contribution in [0.1, 0.15) is 12.5 Å². The molecule has 0 unspecified atom stereocenters. The molecule has 130 valence electrons. The van der Waals surface area contributed by atoms with Gasteiger partial charge in [-0.25, -0.2) is 0 Å². The molecule has 0 bridgehead atoms. The zero-order valence-corrected chi connectivity index (χ0v) is 13.1. The van der Waals surface area contributed by atoms with Crippen molar-refractivity contribution in [3.05, 3.63) is 46.3 Å². The second-order valence-corrected chi connectivity index (χ2v) is 5.43. The van der Waals surface area contributed by atoms with E-state index in [9.17, 15) is 15.0 Å². The van der Waals surface area contributed by atoms with Crippen molar-refractivity contribution >= 4 is 5.91 Å². The number of azide groups is 1. The van der Waals surface area contributed by atoms with E-state index in [1.165, 1.54) is 6.92 Å². The lowest BCUT2D eigenvalue weighted by Crippen LogP contribution is -2.64. The molecule has 9 nitrogen and oxygen atoms in total. The fourth-order valence-electron chi connectivity index (χ4n) is 2.57. The number of benzene rings is 1. The number of carbonyl (C=O) groups excluding carboxylic acids is 1. The number of nitrogens with one attached hydrogen (secondary N) is 1. The number of ether oxygens (including phenoxy) is 2. The number of hydrogen-bond acceptors (Lipinski definition) is 6. The third kappa shape index (κ3) is 4.44. The Labute approximate surface area is 138 Å². The van der Waals surface area contributed by atoms with E-state index < -0.39 is 43.1 Å². The summed E-state index contributed by atoms with van der Waals surface area (Å²) in [4.78, 5) is 14.0. The topological polar surface area (TPSA) is 137 Å². The van der Waals surface area contributed by atoms with Crippen LogP contribution in [0.2, 0.25) is 0 Å². The van der Waals surface area contributed by atoms with Gasteiger partial charge < -0.3 is 25.0 Å². The molecule has 0 spiro atoms. The highest BCUT2D eigenvalue weighted by atomic mass is 16.7. The van der Waals surface area contributed by atoms with Crippen LogP contribution in [-0.2, 0) is 20.9 Å². The summed E-state index contributed by atoms with van der Waals surface area (Å²) in [6, 6.07) is 7.31. The van der Waals surface area contributed by atoms with E-state index in [4.69, 9.17) is 15.0 Å². The van der Waals surface area contributed by atoms with Gasteiger partial charge >= 0.3 is 0 Å². The Hall–Kier alpha value is -2.16. The van der Waals surface area contributed by atoms with Crippen molar-refractivity contribution in [1.82, 2.24) is 5.32 Å². The SMILES string of the molecule is CC(=O)N[C@H]1[C@H](O)[C@@H](N=[N+]=[N-])[C@H](OCc2ccccc2)O[C@@H]1CO. The molecule has 1 fully saturated rings. The predicted molar refractivity (Wildman–Crippen MR) is 83.5 cm³/mol.